The van der Waals surface area contributed by atoms with E-state index in [1.54, 1.807) is 25.3 Å². The number of hydrogen-bond acceptors (Lipinski definition) is 3. The summed E-state index contributed by atoms with van der Waals surface area (Å²) in [7, 11) is 0. The first-order chi connectivity index (χ1) is 9.54. The van der Waals surface area contributed by atoms with E-state index in [2.05, 4.69) is 10.3 Å². The van der Waals surface area contributed by atoms with Crippen LogP contribution in [0.3, 0.4) is 0 Å². The fraction of sp³-hybridized carbons (Fsp3) is 0.400. The highest BCUT2D eigenvalue weighted by atomic mass is 32.1. The molecule has 20 heavy (non-hydrogen) atoms. The average molecular weight is 296 g/mol. The molecule has 0 saturated heterocycles. The fourth-order valence-corrected chi connectivity index (χ4v) is 2.93. The lowest BCUT2D eigenvalue weighted by molar-refractivity contribution is 0.477. The van der Waals surface area contributed by atoms with Crippen LogP contribution in [-0.4, -0.2) is 11.5 Å². The summed E-state index contributed by atoms with van der Waals surface area (Å²) in [5.74, 6) is -1.54. The molecule has 0 spiro atoms. The van der Waals surface area contributed by atoms with Crippen LogP contribution in [0.25, 0.3) is 0 Å². The van der Waals surface area contributed by atoms with E-state index in [-0.39, 0.29) is 6.04 Å². The van der Waals surface area contributed by atoms with E-state index >= 15 is 0 Å². The van der Waals surface area contributed by atoms with Gasteiger partial charge in [-0.2, -0.15) is 0 Å². The molecule has 0 aliphatic carbocycles. The summed E-state index contributed by atoms with van der Waals surface area (Å²) in [5.41, 5.74) is 0.658. The quantitative estimate of drug-likeness (QED) is 0.897. The highest BCUT2D eigenvalue weighted by molar-refractivity contribution is 7.11. The van der Waals surface area contributed by atoms with Crippen LogP contribution in [0.15, 0.2) is 18.3 Å². The number of nitrogens with one attached hydrogen (secondary N) is 1. The zero-order chi connectivity index (χ0) is 14.7. The smallest absolute Gasteiger partial charge is 0.164 e. The Morgan fingerprint density at radius 3 is 2.60 bits per heavy atom. The third-order valence-electron chi connectivity index (χ3n) is 3.14. The van der Waals surface area contributed by atoms with Gasteiger partial charge in [-0.15, -0.1) is 11.3 Å². The molecule has 1 aromatic heterocycles. The Morgan fingerprint density at radius 2 is 2.00 bits per heavy atom. The average Bonchev–Trinajstić information content (AvgIpc) is 2.85. The van der Waals surface area contributed by atoms with Crippen molar-refractivity contribution in [3.8, 4) is 0 Å². The van der Waals surface area contributed by atoms with Crippen molar-refractivity contribution in [3.63, 3.8) is 0 Å². The molecule has 1 aromatic carbocycles. The van der Waals surface area contributed by atoms with E-state index in [0.29, 0.717) is 11.1 Å². The Kier molecular flexibility index (Phi) is 4.83. The second-order valence-corrected chi connectivity index (χ2v) is 6.03. The standard InChI is InChI=1S/C15H18F2N2S/c1-4-7-18-15(12-8-19-10(3)20-12)11-6-5-9(2)13(16)14(11)17/h5-6,8,15,18H,4,7H2,1-3H3. The van der Waals surface area contributed by atoms with Gasteiger partial charge in [-0.1, -0.05) is 19.1 Å². The largest absolute Gasteiger partial charge is 0.305 e. The van der Waals surface area contributed by atoms with Crippen LogP contribution in [0.2, 0.25) is 0 Å². The van der Waals surface area contributed by atoms with Crippen molar-refractivity contribution in [2.45, 2.75) is 33.2 Å². The summed E-state index contributed by atoms with van der Waals surface area (Å²) in [6.07, 6.45) is 2.65. The SMILES string of the molecule is CCCNC(c1cnc(C)s1)c1ccc(C)c(F)c1F. The Balaban J connectivity index is 2.43. The zero-order valence-electron chi connectivity index (χ0n) is 11.8. The number of rotatable bonds is 5. The zero-order valence-corrected chi connectivity index (χ0v) is 12.7. The number of aryl methyl sites for hydroxylation is 2. The second-order valence-electron chi connectivity index (χ2n) is 4.77. The minimum absolute atomic E-state index is 0.320. The van der Waals surface area contributed by atoms with Gasteiger partial charge < -0.3 is 5.32 Å². The Labute approximate surface area is 121 Å². The predicted octanol–water partition coefficient (Wildman–Crippen LogP) is 4.13. The monoisotopic (exact) mass is 296 g/mol. The number of benzene rings is 1. The maximum atomic E-state index is 14.2. The van der Waals surface area contributed by atoms with E-state index in [0.717, 1.165) is 22.9 Å². The summed E-state index contributed by atoms with van der Waals surface area (Å²) in [6, 6.07) is 2.91. The van der Waals surface area contributed by atoms with Crippen molar-refractivity contribution >= 4 is 11.3 Å². The molecular formula is C15H18F2N2S. The van der Waals surface area contributed by atoms with Gasteiger partial charge in [-0.25, -0.2) is 13.8 Å². The van der Waals surface area contributed by atoms with Gasteiger partial charge in [0.25, 0.3) is 0 Å². The van der Waals surface area contributed by atoms with Crippen molar-refractivity contribution < 1.29 is 8.78 Å². The molecule has 0 fully saturated rings. The molecule has 2 rings (SSSR count). The molecule has 1 heterocycles. The lowest BCUT2D eigenvalue weighted by Gasteiger charge is -2.18. The summed E-state index contributed by atoms with van der Waals surface area (Å²) >= 11 is 1.50. The van der Waals surface area contributed by atoms with E-state index in [4.69, 9.17) is 0 Å². The highest BCUT2D eigenvalue weighted by Gasteiger charge is 2.22. The summed E-state index contributed by atoms with van der Waals surface area (Å²) in [6.45, 7) is 6.23. The minimum Gasteiger partial charge on any atom is -0.305 e. The molecule has 2 aromatic rings. The molecule has 2 nitrogen and oxygen atoms in total. The molecule has 0 bridgehead atoms. The van der Waals surface area contributed by atoms with Gasteiger partial charge in [-0.05, 0) is 32.4 Å². The molecule has 0 aliphatic heterocycles. The molecule has 1 atom stereocenters. The van der Waals surface area contributed by atoms with E-state index in [1.165, 1.54) is 11.3 Å². The van der Waals surface area contributed by atoms with Gasteiger partial charge in [-0.3, -0.25) is 0 Å². The van der Waals surface area contributed by atoms with Crippen LogP contribution >= 0.6 is 11.3 Å². The first-order valence-electron chi connectivity index (χ1n) is 6.64. The Morgan fingerprint density at radius 1 is 1.25 bits per heavy atom. The molecule has 108 valence electrons. The maximum Gasteiger partial charge on any atom is 0.164 e. The molecule has 0 aliphatic rings. The van der Waals surface area contributed by atoms with Crippen molar-refractivity contribution in [2.24, 2.45) is 0 Å². The van der Waals surface area contributed by atoms with Gasteiger partial charge in [0.1, 0.15) is 0 Å². The van der Waals surface area contributed by atoms with E-state index in [9.17, 15) is 8.78 Å². The molecule has 0 amide bonds. The number of hydrogen-bond donors (Lipinski definition) is 1. The topological polar surface area (TPSA) is 24.9 Å². The van der Waals surface area contributed by atoms with E-state index < -0.39 is 11.6 Å². The van der Waals surface area contributed by atoms with Crippen LogP contribution in [-0.2, 0) is 0 Å². The lowest BCUT2D eigenvalue weighted by atomic mass is 10.0. The summed E-state index contributed by atoms with van der Waals surface area (Å²) in [5, 5.41) is 4.18. The van der Waals surface area contributed by atoms with Crippen LogP contribution in [0.5, 0.6) is 0 Å². The van der Waals surface area contributed by atoms with Crippen molar-refractivity contribution in [2.75, 3.05) is 6.54 Å². The Bertz CT molecular complexity index is 596. The van der Waals surface area contributed by atoms with Gasteiger partial charge in [0.2, 0.25) is 0 Å². The molecule has 0 saturated carbocycles. The van der Waals surface area contributed by atoms with Gasteiger partial charge in [0.15, 0.2) is 11.6 Å². The van der Waals surface area contributed by atoms with Gasteiger partial charge in [0.05, 0.1) is 11.0 Å². The fourth-order valence-electron chi connectivity index (χ4n) is 2.05. The first-order valence-corrected chi connectivity index (χ1v) is 7.46. The number of aromatic nitrogens is 1. The van der Waals surface area contributed by atoms with Crippen LogP contribution in [0, 0.1) is 25.5 Å². The number of thiazole rings is 1. The summed E-state index contributed by atoms with van der Waals surface area (Å²) in [4.78, 5) is 5.10. The number of halogens is 2. The van der Waals surface area contributed by atoms with Crippen LogP contribution < -0.4 is 5.32 Å². The maximum absolute atomic E-state index is 14.2. The van der Waals surface area contributed by atoms with Gasteiger partial charge in [0, 0.05) is 16.6 Å². The lowest BCUT2D eigenvalue weighted by Crippen LogP contribution is -2.23. The van der Waals surface area contributed by atoms with Gasteiger partial charge >= 0.3 is 0 Å². The molecule has 5 heteroatoms. The summed E-state index contributed by atoms with van der Waals surface area (Å²) < 4.78 is 28.0. The van der Waals surface area contributed by atoms with Crippen molar-refractivity contribution in [1.29, 1.82) is 0 Å². The normalized spacial score (nSPS) is 12.7. The van der Waals surface area contributed by atoms with Crippen molar-refractivity contribution in [3.05, 3.63) is 51.0 Å². The predicted molar refractivity (Wildman–Crippen MR) is 78.1 cm³/mol. The molecular weight excluding hydrogens is 278 g/mol. The van der Waals surface area contributed by atoms with E-state index in [1.807, 2.05) is 13.8 Å². The molecule has 1 N–H and O–H groups in total. The second kappa shape index (κ2) is 6.41. The number of nitrogens with zero attached hydrogens (tertiary/aromatic N) is 1. The third kappa shape index (κ3) is 3.04. The molecule has 1 unspecified atom stereocenters. The first kappa shape index (κ1) is 15.1. The van der Waals surface area contributed by atoms with Crippen LogP contribution in [0.4, 0.5) is 8.78 Å². The van der Waals surface area contributed by atoms with Crippen LogP contribution in [0.1, 0.15) is 40.4 Å². The molecule has 0 radical (unpaired) electrons. The minimum atomic E-state index is -0.773. The highest BCUT2D eigenvalue weighted by Crippen LogP contribution is 2.30. The van der Waals surface area contributed by atoms with Crippen molar-refractivity contribution in [1.82, 2.24) is 10.3 Å². The third-order valence-corrected chi connectivity index (χ3v) is 4.12. The Hall–Kier alpha value is -1.33.